The van der Waals surface area contributed by atoms with Crippen molar-refractivity contribution < 1.29 is 18.9 Å². The van der Waals surface area contributed by atoms with Crippen molar-refractivity contribution in [3.63, 3.8) is 0 Å². The summed E-state index contributed by atoms with van der Waals surface area (Å²) < 4.78 is 11.6. The molecule has 2 rings (SSSR count). The maximum atomic E-state index is 12.3. The summed E-state index contributed by atoms with van der Waals surface area (Å²) in [6.45, 7) is 0. The Hall–Kier alpha value is -2.47. The Balaban J connectivity index is 1.94. The van der Waals surface area contributed by atoms with Gasteiger partial charge in [-0.1, -0.05) is 42.5 Å². The van der Waals surface area contributed by atoms with Gasteiger partial charge in [0.05, 0.1) is 11.6 Å². The van der Waals surface area contributed by atoms with E-state index in [1.165, 1.54) is 12.1 Å². The molecule has 0 heterocycles. The van der Waals surface area contributed by atoms with Gasteiger partial charge in [0.2, 0.25) is 5.91 Å². The molecule has 6 heteroatoms. The van der Waals surface area contributed by atoms with E-state index in [0.29, 0.717) is 12.2 Å². The average molecular weight is 359 g/mol. The zero-order chi connectivity index (χ0) is 18.2. The van der Waals surface area contributed by atoms with Crippen LogP contribution in [0.3, 0.4) is 0 Å². The Morgan fingerprint density at radius 3 is 2.28 bits per heavy atom. The average Bonchev–Trinajstić information content (AvgIpc) is 2.60. The van der Waals surface area contributed by atoms with Gasteiger partial charge in [-0.15, -0.1) is 0 Å². The first-order valence-electron chi connectivity index (χ1n) is 7.92. The number of aromatic carboxylic acids is 1. The zero-order valence-corrected chi connectivity index (χ0v) is 14.8. The van der Waals surface area contributed by atoms with Crippen molar-refractivity contribution in [1.82, 2.24) is 5.32 Å². The van der Waals surface area contributed by atoms with Crippen LogP contribution in [0.25, 0.3) is 0 Å². The highest BCUT2D eigenvalue weighted by Crippen LogP contribution is 2.14. The van der Waals surface area contributed by atoms with Crippen LogP contribution in [0.1, 0.15) is 33.9 Å². The maximum absolute atomic E-state index is 12.3. The summed E-state index contributed by atoms with van der Waals surface area (Å²) in [7, 11) is -1.03. The van der Waals surface area contributed by atoms with Crippen LogP contribution >= 0.6 is 0 Å². The molecule has 0 bridgehead atoms. The van der Waals surface area contributed by atoms with Crippen LogP contribution in [0.2, 0.25) is 0 Å². The van der Waals surface area contributed by atoms with Gasteiger partial charge in [-0.25, -0.2) is 4.79 Å². The highest BCUT2D eigenvalue weighted by Gasteiger charge is 2.16. The molecule has 132 valence electrons. The van der Waals surface area contributed by atoms with Crippen molar-refractivity contribution in [3.05, 3.63) is 71.3 Å². The van der Waals surface area contributed by atoms with Crippen LogP contribution in [-0.2, 0) is 22.0 Å². The van der Waals surface area contributed by atoms with Gasteiger partial charge in [0.1, 0.15) is 0 Å². The Bertz CT molecular complexity index is 744. The van der Waals surface area contributed by atoms with Gasteiger partial charge < -0.3 is 10.4 Å². The standard InChI is InChI=1S/C19H21NO4S/c1-25(24)13-17(15-5-3-2-4-6-15)20-18(21)12-9-14-7-10-16(11-8-14)19(22)23/h2-8,10-11,17H,9,12-13H2,1H3,(H,20,21)(H,22,23). The van der Waals surface area contributed by atoms with Gasteiger partial charge >= 0.3 is 5.97 Å². The normalized spacial score (nSPS) is 13.0. The van der Waals surface area contributed by atoms with Crippen molar-refractivity contribution in [2.75, 3.05) is 12.0 Å². The van der Waals surface area contributed by atoms with Crippen molar-refractivity contribution in [1.29, 1.82) is 0 Å². The van der Waals surface area contributed by atoms with E-state index in [1.807, 2.05) is 30.3 Å². The molecule has 2 N–H and O–H groups in total. The summed E-state index contributed by atoms with van der Waals surface area (Å²) in [5.41, 5.74) is 2.05. The van der Waals surface area contributed by atoms with E-state index >= 15 is 0 Å². The number of rotatable bonds is 8. The lowest BCUT2D eigenvalue weighted by Gasteiger charge is -2.18. The fourth-order valence-corrected chi connectivity index (χ4v) is 3.22. The summed E-state index contributed by atoms with van der Waals surface area (Å²) in [6.07, 6.45) is 2.42. The zero-order valence-electron chi connectivity index (χ0n) is 14.0. The highest BCUT2D eigenvalue weighted by molar-refractivity contribution is 7.84. The molecule has 2 unspecified atom stereocenters. The number of amides is 1. The summed E-state index contributed by atoms with van der Waals surface area (Å²) in [4.78, 5) is 23.1. The lowest BCUT2D eigenvalue weighted by atomic mass is 10.1. The fourth-order valence-electron chi connectivity index (χ4n) is 2.48. The third kappa shape index (κ3) is 6.15. The third-order valence-corrected chi connectivity index (χ3v) is 4.58. The highest BCUT2D eigenvalue weighted by atomic mass is 32.2. The largest absolute Gasteiger partial charge is 0.478 e. The monoisotopic (exact) mass is 359 g/mol. The molecule has 0 radical (unpaired) electrons. The topological polar surface area (TPSA) is 83.5 Å². The molecule has 1 amide bonds. The smallest absolute Gasteiger partial charge is 0.335 e. The predicted octanol–water partition coefficient (Wildman–Crippen LogP) is 2.55. The van der Waals surface area contributed by atoms with Gasteiger partial charge in [0, 0.05) is 29.2 Å². The molecule has 0 spiro atoms. The Kier molecular flexibility index (Phi) is 6.89. The molecule has 2 aromatic rings. The first-order chi connectivity index (χ1) is 12.0. The molecular weight excluding hydrogens is 338 g/mol. The summed E-state index contributed by atoms with van der Waals surface area (Å²) in [6, 6.07) is 15.7. The third-order valence-electron chi connectivity index (χ3n) is 3.78. The maximum Gasteiger partial charge on any atom is 0.335 e. The van der Waals surface area contributed by atoms with E-state index in [0.717, 1.165) is 11.1 Å². The van der Waals surface area contributed by atoms with Gasteiger partial charge in [0.25, 0.3) is 0 Å². The van der Waals surface area contributed by atoms with Gasteiger partial charge in [-0.2, -0.15) is 0 Å². The minimum absolute atomic E-state index is 0.124. The van der Waals surface area contributed by atoms with Crippen LogP contribution in [-0.4, -0.2) is 33.2 Å². The Labute approximate surface area is 149 Å². The van der Waals surface area contributed by atoms with Crippen molar-refractivity contribution in [2.45, 2.75) is 18.9 Å². The van der Waals surface area contributed by atoms with E-state index in [2.05, 4.69) is 5.32 Å². The Morgan fingerprint density at radius 2 is 1.72 bits per heavy atom. The number of carboxylic acids is 1. The molecule has 0 fully saturated rings. The number of hydrogen-bond donors (Lipinski definition) is 2. The molecule has 0 saturated carbocycles. The van der Waals surface area contributed by atoms with E-state index in [4.69, 9.17) is 5.11 Å². The lowest BCUT2D eigenvalue weighted by molar-refractivity contribution is -0.121. The lowest BCUT2D eigenvalue weighted by Crippen LogP contribution is -2.32. The van der Waals surface area contributed by atoms with Crippen LogP contribution in [0.15, 0.2) is 54.6 Å². The van der Waals surface area contributed by atoms with Gasteiger partial charge in [0.15, 0.2) is 0 Å². The molecule has 0 aliphatic heterocycles. The predicted molar refractivity (Wildman–Crippen MR) is 98.0 cm³/mol. The SMILES string of the molecule is CS(=O)CC(NC(=O)CCc1ccc(C(=O)O)cc1)c1ccccc1. The second-order valence-corrected chi connectivity index (χ2v) is 7.25. The van der Waals surface area contributed by atoms with E-state index in [9.17, 15) is 13.8 Å². The minimum atomic E-state index is -1.03. The molecule has 0 aliphatic rings. The van der Waals surface area contributed by atoms with Crippen LogP contribution in [0.5, 0.6) is 0 Å². The number of carbonyl (C=O) groups is 2. The molecule has 0 saturated heterocycles. The molecule has 2 aromatic carbocycles. The number of aryl methyl sites for hydroxylation is 1. The number of hydrogen-bond acceptors (Lipinski definition) is 3. The quantitative estimate of drug-likeness (QED) is 0.759. The number of carboxylic acid groups (broad SMARTS) is 1. The molecular formula is C19H21NO4S. The van der Waals surface area contributed by atoms with Crippen LogP contribution in [0, 0.1) is 0 Å². The molecule has 0 aromatic heterocycles. The number of benzene rings is 2. The van der Waals surface area contributed by atoms with Crippen molar-refractivity contribution in [3.8, 4) is 0 Å². The molecule has 5 nitrogen and oxygen atoms in total. The second-order valence-electron chi connectivity index (χ2n) is 5.77. The Morgan fingerprint density at radius 1 is 1.08 bits per heavy atom. The van der Waals surface area contributed by atoms with Crippen molar-refractivity contribution >= 4 is 22.7 Å². The number of carbonyl (C=O) groups excluding carboxylic acids is 1. The van der Waals surface area contributed by atoms with Crippen molar-refractivity contribution in [2.24, 2.45) is 0 Å². The first kappa shape index (κ1) is 18.9. The summed E-state index contributed by atoms with van der Waals surface area (Å²) in [5, 5.41) is 11.8. The summed E-state index contributed by atoms with van der Waals surface area (Å²) in [5.74, 6) is -0.729. The molecule has 2 atom stereocenters. The molecule has 25 heavy (non-hydrogen) atoms. The van der Waals surface area contributed by atoms with Crippen LogP contribution < -0.4 is 5.32 Å². The van der Waals surface area contributed by atoms with E-state index in [-0.39, 0.29) is 23.9 Å². The first-order valence-corrected chi connectivity index (χ1v) is 9.65. The van der Waals surface area contributed by atoms with Gasteiger partial charge in [-0.05, 0) is 29.7 Å². The van der Waals surface area contributed by atoms with E-state index < -0.39 is 16.8 Å². The summed E-state index contributed by atoms with van der Waals surface area (Å²) >= 11 is 0. The van der Waals surface area contributed by atoms with E-state index in [1.54, 1.807) is 18.4 Å². The van der Waals surface area contributed by atoms with Crippen LogP contribution in [0.4, 0.5) is 0 Å². The number of nitrogens with one attached hydrogen (secondary N) is 1. The van der Waals surface area contributed by atoms with Gasteiger partial charge in [-0.3, -0.25) is 9.00 Å². The second kappa shape index (κ2) is 9.13. The molecule has 0 aliphatic carbocycles. The minimum Gasteiger partial charge on any atom is -0.478 e. The fraction of sp³-hybridized carbons (Fsp3) is 0.263.